The molecule has 4 rings (SSSR count). The second-order valence-electron chi connectivity index (χ2n) is 10.4. The molecule has 1 saturated heterocycles. The molecule has 246 valence electrons. The van der Waals surface area contributed by atoms with Gasteiger partial charge in [0, 0.05) is 32.2 Å². The smallest absolute Gasteiger partial charge is 0.394 e. The average molecular weight is 677 g/mol. The Morgan fingerprint density at radius 2 is 1.80 bits per heavy atom. The Hall–Kier alpha value is -3.02. The van der Waals surface area contributed by atoms with Gasteiger partial charge in [-0.25, -0.2) is 13.4 Å². The van der Waals surface area contributed by atoms with E-state index in [9.17, 15) is 40.3 Å². The maximum absolute atomic E-state index is 13.0. The van der Waals surface area contributed by atoms with E-state index >= 15 is 0 Å². The van der Waals surface area contributed by atoms with Crippen molar-refractivity contribution < 1.29 is 45.0 Å². The van der Waals surface area contributed by atoms with E-state index in [0.29, 0.717) is 42.3 Å². The zero-order valence-electron chi connectivity index (χ0n) is 24.2. The van der Waals surface area contributed by atoms with Gasteiger partial charge in [-0.15, -0.1) is 11.3 Å². The third-order valence-electron chi connectivity index (χ3n) is 7.42. The second kappa shape index (κ2) is 15.0. The first-order valence-electron chi connectivity index (χ1n) is 14.0. The predicted octanol–water partition coefficient (Wildman–Crippen LogP) is 4.34. The van der Waals surface area contributed by atoms with Crippen LogP contribution in [0.3, 0.4) is 0 Å². The molecule has 0 bridgehead atoms. The fourth-order valence-corrected chi connectivity index (χ4v) is 6.64. The van der Waals surface area contributed by atoms with Crippen molar-refractivity contribution in [3.8, 4) is 0 Å². The molecule has 0 spiro atoms. The lowest BCUT2D eigenvalue weighted by Gasteiger charge is -2.41. The van der Waals surface area contributed by atoms with E-state index in [1.165, 1.54) is 49.5 Å². The van der Waals surface area contributed by atoms with E-state index in [4.69, 9.17) is 0 Å². The summed E-state index contributed by atoms with van der Waals surface area (Å²) >= 11 is 1.10. The molecule has 0 aliphatic carbocycles. The van der Waals surface area contributed by atoms with Crippen molar-refractivity contribution in [2.45, 2.75) is 49.8 Å². The molecule has 0 saturated carbocycles. The number of nitrogens with one attached hydrogen (secondary N) is 1. The van der Waals surface area contributed by atoms with Crippen LogP contribution in [0.5, 0.6) is 0 Å². The minimum absolute atomic E-state index is 0.0569. The molecule has 1 fully saturated rings. The molecule has 2 N–H and O–H groups in total. The number of hydrogen-bond donors (Lipinski definition) is 2. The van der Waals surface area contributed by atoms with Gasteiger partial charge in [-0.2, -0.15) is 22.0 Å². The Kier molecular flexibility index (Phi) is 11.7. The number of benzene rings is 2. The van der Waals surface area contributed by atoms with Crippen molar-refractivity contribution >= 4 is 27.1 Å². The summed E-state index contributed by atoms with van der Waals surface area (Å²) in [4.78, 5) is 21.6. The maximum Gasteiger partial charge on any atom is 0.416 e. The molecule has 1 aromatic heterocycles. The van der Waals surface area contributed by atoms with Crippen molar-refractivity contribution in [2.24, 2.45) is 0 Å². The summed E-state index contributed by atoms with van der Waals surface area (Å²) in [5.74, 6) is -0.555. The molecular formula is C29H33F5N4O5S2. The summed E-state index contributed by atoms with van der Waals surface area (Å²) in [6, 6.07) is 9.45. The van der Waals surface area contributed by atoms with E-state index in [-0.39, 0.29) is 28.7 Å². The van der Waals surface area contributed by atoms with Crippen LogP contribution in [0.1, 0.15) is 44.3 Å². The van der Waals surface area contributed by atoms with Gasteiger partial charge in [-0.05, 0) is 35.4 Å². The van der Waals surface area contributed by atoms with Gasteiger partial charge in [-0.3, -0.25) is 14.6 Å². The van der Waals surface area contributed by atoms with E-state index in [1.807, 2.05) is 9.80 Å². The fraction of sp³-hybridized carbons (Fsp3) is 0.448. The molecule has 1 unspecified atom stereocenters. The molecule has 1 aliphatic rings. The highest BCUT2D eigenvalue weighted by molar-refractivity contribution is 7.91. The maximum atomic E-state index is 13.0. The third kappa shape index (κ3) is 9.50. The number of carbonyl (C=O) groups is 1. The number of hydrogen-bond acceptors (Lipinski definition) is 9. The normalized spacial score (nSPS) is 17.5. The molecule has 2 atom stereocenters. The summed E-state index contributed by atoms with van der Waals surface area (Å²) in [7, 11) is -3.40. The first-order chi connectivity index (χ1) is 21.3. The van der Waals surface area contributed by atoms with Crippen LogP contribution in [-0.2, 0) is 33.8 Å². The van der Waals surface area contributed by atoms with Gasteiger partial charge in [0.15, 0.2) is 9.84 Å². The van der Waals surface area contributed by atoms with Gasteiger partial charge < -0.3 is 15.2 Å². The molecule has 2 aromatic carbocycles. The Balaban J connectivity index is 1.38. The van der Waals surface area contributed by atoms with E-state index in [1.54, 1.807) is 0 Å². The highest BCUT2D eigenvalue weighted by Gasteiger charge is 2.31. The second-order valence-corrected chi connectivity index (χ2v) is 13.8. The summed E-state index contributed by atoms with van der Waals surface area (Å²) in [5, 5.41) is 13.1. The number of rotatable bonds is 13. The molecule has 16 heteroatoms. The van der Waals surface area contributed by atoms with Crippen LogP contribution in [0.4, 0.5) is 22.0 Å². The standard InChI is InChI=1S/C29H33F5N4O5S2/c1-2-45(41,42)23-9-5-20(6-10-23)24(17-39)36-27(40)25-13-35-26(44-25)16-38-12-11-37(15-22(38)18-43-28(30)31)14-19-3-7-21(8-4-19)29(32,33)34/h3-10,13,22,24,28,39H,2,11-12,14-18H2,1H3,(H,36,40)/t22?,24-/m0/s1. The van der Waals surface area contributed by atoms with Crippen molar-refractivity contribution in [1.29, 1.82) is 0 Å². The third-order valence-corrected chi connectivity index (χ3v) is 10.1. The van der Waals surface area contributed by atoms with Crippen LogP contribution < -0.4 is 5.32 Å². The summed E-state index contributed by atoms with van der Waals surface area (Å²) in [6.07, 6.45) is -3.06. The van der Waals surface area contributed by atoms with Gasteiger partial charge in [0.25, 0.3) is 5.91 Å². The van der Waals surface area contributed by atoms with Crippen LogP contribution in [0.25, 0.3) is 0 Å². The number of carbonyl (C=O) groups excluding carboxylic acids is 1. The lowest BCUT2D eigenvalue weighted by molar-refractivity contribution is -0.147. The number of aliphatic hydroxyl groups is 1. The number of ether oxygens (including phenoxy) is 1. The Morgan fingerprint density at radius 1 is 1.11 bits per heavy atom. The van der Waals surface area contributed by atoms with Crippen molar-refractivity contribution in [3.63, 3.8) is 0 Å². The Morgan fingerprint density at radius 3 is 2.40 bits per heavy atom. The predicted molar refractivity (Wildman–Crippen MR) is 156 cm³/mol. The zero-order chi connectivity index (χ0) is 32.8. The number of halogens is 5. The highest BCUT2D eigenvalue weighted by atomic mass is 32.2. The molecule has 9 nitrogen and oxygen atoms in total. The number of aromatic nitrogens is 1. The molecule has 2 heterocycles. The van der Waals surface area contributed by atoms with Gasteiger partial charge in [0.2, 0.25) is 0 Å². The van der Waals surface area contributed by atoms with E-state index in [0.717, 1.165) is 23.5 Å². The fourth-order valence-electron chi connectivity index (χ4n) is 4.91. The first kappa shape index (κ1) is 34.8. The SMILES string of the molecule is CCS(=O)(=O)c1ccc([C@H](CO)NC(=O)c2cnc(CN3CCN(Cc4ccc(C(F)(F)F)cc4)CC3COC(F)F)s2)cc1. The number of thiazole rings is 1. The molecular weight excluding hydrogens is 643 g/mol. The van der Waals surface area contributed by atoms with Crippen molar-refractivity contribution in [1.82, 2.24) is 20.1 Å². The summed E-state index contributed by atoms with van der Waals surface area (Å²) < 4.78 is 93.3. The minimum atomic E-state index is -4.44. The summed E-state index contributed by atoms with van der Waals surface area (Å²) in [6.45, 7) is -0.287. The number of aliphatic hydroxyl groups excluding tert-OH is 1. The van der Waals surface area contributed by atoms with Gasteiger partial charge >= 0.3 is 12.8 Å². The first-order valence-corrected chi connectivity index (χ1v) is 16.5. The Bertz CT molecular complexity index is 1520. The average Bonchev–Trinajstić information content (AvgIpc) is 3.48. The quantitative estimate of drug-likeness (QED) is 0.257. The zero-order valence-corrected chi connectivity index (χ0v) is 25.8. The number of piperazine rings is 1. The van der Waals surface area contributed by atoms with E-state index in [2.05, 4.69) is 15.0 Å². The van der Waals surface area contributed by atoms with Gasteiger partial charge in [-0.1, -0.05) is 31.2 Å². The van der Waals surface area contributed by atoms with Crippen LogP contribution in [0.15, 0.2) is 59.6 Å². The molecule has 3 aromatic rings. The number of alkyl halides is 5. The highest BCUT2D eigenvalue weighted by Crippen LogP contribution is 2.29. The van der Waals surface area contributed by atoms with Crippen LogP contribution >= 0.6 is 11.3 Å². The van der Waals surface area contributed by atoms with Crippen molar-refractivity contribution in [2.75, 3.05) is 38.6 Å². The van der Waals surface area contributed by atoms with Crippen LogP contribution in [0, 0.1) is 0 Å². The topological polar surface area (TPSA) is 112 Å². The van der Waals surface area contributed by atoms with Crippen molar-refractivity contribution in [3.05, 3.63) is 81.3 Å². The lowest BCUT2D eigenvalue weighted by Crippen LogP contribution is -2.54. The largest absolute Gasteiger partial charge is 0.416 e. The van der Waals surface area contributed by atoms with Crippen LogP contribution in [0.2, 0.25) is 0 Å². The number of nitrogens with zero attached hydrogens (tertiary/aromatic N) is 3. The van der Waals surface area contributed by atoms with Gasteiger partial charge in [0.05, 0.1) is 48.2 Å². The molecule has 1 amide bonds. The van der Waals surface area contributed by atoms with Gasteiger partial charge in [0.1, 0.15) is 9.88 Å². The molecule has 0 radical (unpaired) electrons. The van der Waals surface area contributed by atoms with Crippen LogP contribution in [-0.4, -0.2) is 85.5 Å². The number of amides is 1. The molecule has 1 aliphatic heterocycles. The molecule has 45 heavy (non-hydrogen) atoms. The Labute approximate surface area is 261 Å². The number of sulfone groups is 1. The van der Waals surface area contributed by atoms with E-state index < -0.39 is 52.8 Å². The monoisotopic (exact) mass is 676 g/mol. The summed E-state index contributed by atoms with van der Waals surface area (Å²) in [5.41, 5.74) is 0.423. The minimum Gasteiger partial charge on any atom is -0.394 e. The lowest BCUT2D eigenvalue weighted by atomic mass is 10.1.